The van der Waals surface area contributed by atoms with Crippen molar-refractivity contribution in [3.05, 3.63) is 11.8 Å². The number of rotatable bonds is 11. The largest absolute Gasteiger partial charge is 0.477 e. The van der Waals surface area contributed by atoms with Gasteiger partial charge in [-0.15, -0.1) is 0 Å². The molecule has 0 rings (SSSR count). The van der Waals surface area contributed by atoms with Crippen LogP contribution in [-0.2, 0) is 9.59 Å². The zero-order chi connectivity index (χ0) is 17.0. The van der Waals surface area contributed by atoms with Crippen LogP contribution in [0.3, 0.4) is 0 Å². The molecule has 0 saturated heterocycles. The Balaban J connectivity index is 3.79. The van der Waals surface area contributed by atoms with Crippen LogP contribution >= 0.6 is 11.8 Å². The Morgan fingerprint density at radius 3 is 2.23 bits per heavy atom. The van der Waals surface area contributed by atoms with E-state index < -0.39 is 5.97 Å². The lowest BCUT2D eigenvalue weighted by molar-refractivity contribution is -0.134. The van der Waals surface area contributed by atoms with Crippen LogP contribution in [0.1, 0.15) is 65.7 Å². The van der Waals surface area contributed by atoms with Gasteiger partial charge in [0, 0.05) is 12.2 Å². The van der Waals surface area contributed by atoms with E-state index in [1.807, 2.05) is 6.26 Å². The molecule has 0 bridgehead atoms. The molecule has 2 N–H and O–H groups in total. The van der Waals surface area contributed by atoms with E-state index in [9.17, 15) is 9.59 Å². The molecule has 0 atom stereocenters. The predicted octanol–water partition coefficient (Wildman–Crippen LogP) is 4.21. The van der Waals surface area contributed by atoms with Crippen molar-refractivity contribution in [1.82, 2.24) is 5.32 Å². The SMILES string of the molecule is CSC/C=C(/NC(=O)CCCCCCCC(C)(C)C)C(=O)O. The van der Waals surface area contributed by atoms with Gasteiger partial charge in [-0.25, -0.2) is 4.79 Å². The van der Waals surface area contributed by atoms with Gasteiger partial charge in [0.05, 0.1) is 0 Å². The zero-order valence-corrected chi connectivity index (χ0v) is 15.2. The second-order valence-electron chi connectivity index (χ2n) is 6.75. The van der Waals surface area contributed by atoms with E-state index in [0.29, 0.717) is 17.6 Å². The first-order valence-corrected chi connectivity index (χ1v) is 9.38. The molecule has 1 amide bonds. The van der Waals surface area contributed by atoms with E-state index in [1.165, 1.54) is 37.1 Å². The molecule has 0 saturated carbocycles. The van der Waals surface area contributed by atoms with E-state index >= 15 is 0 Å². The molecule has 0 radical (unpaired) electrons. The van der Waals surface area contributed by atoms with Crippen molar-refractivity contribution >= 4 is 23.6 Å². The van der Waals surface area contributed by atoms with Crippen molar-refractivity contribution in [2.24, 2.45) is 5.41 Å². The standard InChI is InChI=1S/C17H31NO3S/c1-17(2,3)12-9-7-5-6-8-10-15(19)18-14(16(20)21)11-13-22-4/h11H,5-10,12-13H2,1-4H3,(H,18,19)(H,20,21)/b14-11+. The second-order valence-corrected chi connectivity index (χ2v) is 7.67. The van der Waals surface area contributed by atoms with Crippen LogP contribution in [-0.4, -0.2) is 29.0 Å². The van der Waals surface area contributed by atoms with Crippen LogP contribution in [0, 0.1) is 5.41 Å². The number of aliphatic carboxylic acids is 1. The maximum absolute atomic E-state index is 11.7. The third-order valence-electron chi connectivity index (χ3n) is 3.29. The molecule has 5 heteroatoms. The van der Waals surface area contributed by atoms with Crippen molar-refractivity contribution in [1.29, 1.82) is 0 Å². The van der Waals surface area contributed by atoms with Gasteiger partial charge in [-0.3, -0.25) is 4.79 Å². The molecule has 0 spiro atoms. The third-order valence-corrected chi connectivity index (χ3v) is 3.79. The van der Waals surface area contributed by atoms with E-state index in [1.54, 1.807) is 0 Å². The van der Waals surface area contributed by atoms with Crippen LogP contribution in [0.15, 0.2) is 11.8 Å². The van der Waals surface area contributed by atoms with Gasteiger partial charge >= 0.3 is 5.97 Å². The van der Waals surface area contributed by atoms with Crippen molar-refractivity contribution < 1.29 is 14.7 Å². The lowest BCUT2D eigenvalue weighted by Crippen LogP contribution is -2.27. The minimum Gasteiger partial charge on any atom is -0.477 e. The molecular formula is C17H31NO3S. The first kappa shape index (κ1) is 21.0. The lowest BCUT2D eigenvalue weighted by Gasteiger charge is -2.17. The number of thioether (sulfide) groups is 1. The van der Waals surface area contributed by atoms with Gasteiger partial charge in [0.25, 0.3) is 0 Å². The highest BCUT2D eigenvalue weighted by molar-refractivity contribution is 7.98. The Bertz CT molecular complexity index is 373. The molecule has 0 aromatic carbocycles. The number of carboxylic acids is 1. The van der Waals surface area contributed by atoms with Crippen molar-refractivity contribution in [3.8, 4) is 0 Å². The van der Waals surface area contributed by atoms with E-state index in [-0.39, 0.29) is 11.6 Å². The number of carbonyl (C=O) groups is 2. The summed E-state index contributed by atoms with van der Waals surface area (Å²) in [7, 11) is 0. The van der Waals surface area contributed by atoms with Crippen molar-refractivity contribution in [2.75, 3.05) is 12.0 Å². The average Bonchev–Trinajstić information content (AvgIpc) is 2.40. The summed E-state index contributed by atoms with van der Waals surface area (Å²) in [5.74, 6) is -0.704. The van der Waals surface area contributed by atoms with Crippen LogP contribution in [0.2, 0.25) is 0 Å². The topological polar surface area (TPSA) is 66.4 Å². The van der Waals surface area contributed by atoms with Gasteiger partial charge in [-0.05, 0) is 30.6 Å². The normalized spacial score (nSPS) is 12.3. The minimum absolute atomic E-state index is 0.00970. The van der Waals surface area contributed by atoms with Crippen molar-refractivity contribution in [2.45, 2.75) is 65.7 Å². The summed E-state index contributed by atoms with van der Waals surface area (Å²) in [5.41, 5.74) is 0.389. The van der Waals surface area contributed by atoms with Gasteiger partial charge in [0.2, 0.25) is 5.91 Å². The van der Waals surface area contributed by atoms with Gasteiger partial charge in [0.1, 0.15) is 5.70 Å². The summed E-state index contributed by atoms with van der Waals surface area (Å²) in [6.45, 7) is 6.76. The highest BCUT2D eigenvalue weighted by Crippen LogP contribution is 2.22. The molecule has 0 unspecified atom stereocenters. The van der Waals surface area contributed by atoms with E-state index in [0.717, 1.165) is 19.3 Å². The highest BCUT2D eigenvalue weighted by atomic mass is 32.2. The Labute approximate surface area is 139 Å². The molecule has 0 aliphatic heterocycles. The summed E-state index contributed by atoms with van der Waals surface area (Å²) in [6, 6.07) is 0. The quantitative estimate of drug-likeness (QED) is 0.440. The Morgan fingerprint density at radius 1 is 1.09 bits per heavy atom. The lowest BCUT2D eigenvalue weighted by atomic mass is 9.89. The second kappa shape index (κ2) is 11.6. The molecule has 22 heavy (non-hydrogen) atoms. The van der Waals surface area contributed by atoms with Gasteiger partial charge in [-0.2, -0.15) is 11.8 Å². The first-order chi connectivity index (χ1) is 10.3. The number of nitrogens with one attached hydrogen (secondary N) is 1. The number of unbranched alkanes of at least 4 members (excludes halogenated alkanes) is 4. The average molecular weight is 330 g/mol. The van der Waals surface area contributed by atoms with Crippen LogP contribution in [0.5, 0.6) is 0 Å². The number of hydrogen-bond donors (Lipinski definition) is 2. The first-order valence-electron chi connectivity index (χ1n) is 7.98. The molecule has 0 aliphatic carbocycles. The minimum atomic E-state index is -1.08. The smallest absolute Gasteiger partial charge is 0.352 e. The maximum atomic E-state index is 11.7. The predicted molar refractivity (Wildman–Crippen MR) is 94.0 cm³/mol. The summed E-state index contributed by atoms with van der Waals surface area (Å²) in [6.07, 6.45) is 10.5. The summed E-state index contributed by atoms with van der Waals surface area (Å²) >= 11 is 1.51. The van der Waals surface area contributed by atoms with E-state index in [2.05, 4.69) is 26.1 Å². The zero-order valence-electron chi connectivity index (χ0n) is 14.4. The van der Waals surface area contributed by atoms with Gasteiger partial charge < -0.3 is 10.4 Å². The molecule has 128 valence electrons. The van der Waals surface area contributed by atoms with Crippen LogP contribution in [0.25, 0.3) is 0 Å². The van der Waals surface area contributed by atoms with Gasteiger partial charge in [0.15, 0.2) is 0 Å². The van der Waals surface area contributed by atoms with Gasteiger partial charge in [-0.1, -0.05) is 46.5 Å². The summed E-state index contributed by atoms with van der Waals surface area (Å²) in [4.78, 5) is 22.7. The molecular weight excluding hydrogens is 298 g/mol. The van der Waals surface area contributed by atoms with E-state index in [4.69, 9.17) is 5.11 Å². The number of carbonyl (C=O) groups excluding carboxylic acids is 1. The Morgan fingerprint density at radius 2 is 1.68 bits per heavy atom. The fourth-order valence-electron chi connectivity index (χ4n) is 2.04. The number of hydrogen-bond acceptors (Lipinski definition) is 3. The van der Waals surface area contributed by atoms with Crippen LogP contribution < -0.4 is 5.32 Å². The summed E-state index contributed by atoms with van der Waals surface area (Å²) < 4.78 is 0. The number of carboxylic acid groups (broad SMARTS) is 1. The molecule has 4 nitrogen and oxygen atoms in total. The maximum Gasteiger partial charge on any atom is 0.352 e. The molecule has 0 fully saturated rings. The molecule has 0 aliphatic rings. The van der Waals surface area contributed by atoms with Crippen molar-refractivity contribution in [3.63, 3.8) is 0 Å². The fraction of sp³-hybridized carbons (Fsp3) is 0.765. The third kappa shape index (κ3) is 12.7. The summed E-state index contributed by atoms with van der Waals surface area (Å²) in [5, 5.41) is 11.5. The van der Waals surface area contributed by atoms with Crippen LogP contribution in [0.4, 0.5) is 0 Å². The number of amides is 1. The molecule has 0 heterocycles. The fourth-order valence-corrected chi connectivity index (χ4v) is 2.38. The Kier molecular flexibility index (Phi) is 11.1. The Hall–Kier alpha value is -0.970. The molecule has 0 aromatic heterocycles. The monoisotopic (exact) mass is 329 g/mol. The molecule has 0 aromatic rings. The highest BCUT2D eigenvalue weighted by Gasteiger charge is 2.11.